The SMILES string of the molecule is CCCNC(CCc1ccc(Br)s1)c1ccccc1. The molecule has 0 aliphatic heterocycles. The van der Waals surface area contributed by atoms with Crippen LogP contribution in [0.15, 0.2) is 46.3 Å². The molecule has 0 amide bonds. The van der Waals surface area contributed by atoms with Crippen LogP contribution in [0.4, 0.5) is 0 Å². The van der Waals surface area contributed by atoms with E-state index in [9.17, 15) is 0 Å². The van der Waals surface area contributed by atoms with Gasteiger partial charge >= 0.3 is 0 Å². The lowest BCUT2D eigenvalue weighted by Crippen LogP contribution is -2.22. The first-order valence-electron chi connectivity index (χ1n) is 6.82. The molecule has 0 radical (unpaired) electrons. The summed E-state index contributed by atoms with van der Waals surface area (Å²) < 4.78 is 1.22. The number of halogens is 1. The van der Waals surface area contributed by atoms with Crippen LogP contribution in [0.1, 0.15) is 36.2 Å². The molecule has 0 bridgehead atoms. The Morgan fingerprint density at radius 1 is 1.16 bits per heavy atom. The third kappa shape index (κ3) is 4.75. The zero-order valence-electron chi connectivity index (χ0n) is 11.2. The van der Waals surface area contributed by atoms with Gasteiger partial charge in [-0.15, -0.1) is 11.3 Å². The molecule has 3 heteroatoms. The molecular formula is C16H20BrNS. The molecule has 1 atom stereocenters. The van der Waals surface area contributed by atoms with E-state index in [-0.39, 0.29) is 0 Å². The van der Waals surface area contributed by atoms with Crippen LogP contribution in [-0.4, -0.2) is 6.54 Å². The van der Waals surface area contributed by atoms with E-state index in [0.717, 1.165) is 19.4 Å². The first-order chi connectivity index (χ1) is 9.29. The molecule has 102 valence electrons. The van der Waals surface area contributed by atoms with Crippen LogP contribution in [0.5, 0.6) is 0 Å². The van der Waals surface area contributed by atoms with Crippen molar-refractivity contribution >= 4 is 27.3 Å². The number of thiophene rings is 1. The summed E-state index contributed by atoms with van der Waals surface area (Å²) >= 11 is 5.37. The van der Waals surface area contributed by atoms with Crippen molar-refractivity contribution in [2.45, 2.75) is 32.2 Å². The number of hydrogen-bond acceptors (Lipinski definition) is 2. The van der Waals surface area contributed by atoms with Crippen molar-refractivity contribution in [2.24, 2.45) is 0 Å². The minimum atomic E-state index is 0.460. The molecule has 0 fully saturated rings. The van der Waals surface area contributed by atoms with Crippen LogP contribution >= 0.6 is 27.3 Å². The summed E-state index contributed by atoms with van der Waals surface area (Å²) in [5.74, 6) is 0. The lowest BCUT2D eigenvalue weighted by atomic mass is 10.0. The van der Waals surface area contributed by atoms with Crippen molar-refractivity contribution in [3.8, 4) is 0 Å². The maximum Gasteiger partial charge on any atom is 0.0701 e. The maximum atomic E-state index is 3.66. The standard InChI is InChI=1S/C16H20BrNS/c1-2-12-18-15(13-6-4-3-5-7-13)10-8-14-9-11-16(17)19-14/h3-7,9,11,15,18H,2,8,10,12H2,1H3. The monoisotopic (exact) mass is 337 g/mol. The fourth-order valence-electron chi connectivity index (χ4n) is 2.16. The lowest BCUT2D eigenvalue weighted by Gasteiger charge is -2.18. The van der Waals surface area contributed by atoms with Gasteiger partial charge in [-0.3, -0.25) is 0 Å². The van der Waals surface area contributed by atoms with Gasteiger partial charge in [-0.1, -0.05) is 37.3 Å². The summed E-state index contributed by atoms with van der Waals surface area (Å²) in [4.78, 5) is 1.45. The quantitative estimate of drug-likeness (QED) is 0.733. The summed E-state index contributed by atoms with van der Waals surface area (Å²) in [5, 5.41) is 3.66. The van der Waals surface area contributed by atoms with Crippen LogP contribution in [0, 0.1) is 0 Å². The molecule has 2 rings (SSSR count). The van der Waals surface area contributed by atoms with Crippen LogP contribution in [0.2, 0.25) is 0 Å². The first-order valence-corrected chi connectivity index (χ1v) is 8.43. The molecule has 0 spiro atoms. The highest BCUT2D eigenvalue weighted by atomic mass is 79.9. The van der Waals surface area contributed by atoms with Crippen molar-refractivity contribution in [1.82, 2.24) is 5.32 Å². The van der Waals surface area contributed by atoms with Gasteiger partial charge in [-0.2, -0.15) is 0 Å². The molecule has 1 aromatic heterocycles. The zero-order valence-corrected chi connectivity index (χ0v) is 13.6. The summed E-state index contributed by atoms with van der Waals surface area (Å²) in [7, 11) is 0. The Morgan fingerprint density at radius 2 is 1.95 bits per heavy atom. The second kappa shape index (κ2) is 7.83. The Labute approximate surface area is 128 Å². The molecule has 0 saturated carbocycles. The molecule has 1 N–H and O–H groups in total. The molecule has 0 aliphatic carbocycles. The molecule has 0 aliphatic rings. The van der Waals surface area contributed by atoms with E-state index in [1.165, 1.54) is 20.6 Å². The number of nitrogens with one attached hydrogen (secondary N) is 1. The summed E-state index contributed by atoms with van der Waals surface area (Å²) in [6.07, 6.45) is 3.46. The second-order valence-electron chi connectivity index (χ2n) is 4.66. The van der Waals surface area contributed by atoms with Gasteiger partial charge in [0, 0.05) is 10.9 Å². The van der Waals surface area contributed by atoms with Gasteiger partial charge in [-0.05, 0) is 59.4 Å². The molecule has 0 saturated heterocycles. The van der Waals surface area contributed by atoms with Crippen molar-refractivity contribution < 1.29 is 0 Å². The fourth-order valence-corrected chi connectivity index (χ4v) is 3.66. The normalized spacial score (nSPS) is 12.5. The van der Waals surface area contributed by atoms with Crippen LogP contribution in [0.25, 0.3) is 0 Å². The van der Waals surface area contributed by atoms with E-state index in [2.05, 4.69) is 70.6 Å². The molecule has 1 heterocycles. The lowest BCUT2D eigenvalue weighted by molar-refractivity contribution is 0.501. The Kier molecular flexibility index (Phi) is 6.08. The fraction of sp³-hybridized carbons (Fsp3) is 0.375. The Morgan fingerprint density at radius 3 is 2.58 bits per heavy atom. The Balaban J connectivity index is 1.97. The smallest absolute Gasteiger partial charge is 0.0701 e. The molecule has 2 aromatic rings. The third-order valence-electron chi connectivity index (χ3n) is 3.15. The summed E-state index contributed by atoms with van der Waals surface area (Å²) in [6, 6.07) is 15.6. The third-order valence-corrected chi connectivity index (χ3v) is 4.83. The van der Waals surface area contributed by atoms with E-state index in [4.69, 9.17) is 0 Å². The largest absolute Gasteiger partial charge is 0.310 e. The van der Waals surface area contributed by atoms with Gasteiger partial charge in [0.05, 0.1) is 3.79 Å². The van der Waals surface area contributed by atoms with E-state index in [1.54, 1.807) is 0 Å². The minimum Gasteiger partial charge on any atom is -0.310 e. The minimum absolute atomic E-state index is 0.460. The predicted molar refractivity (Wildman–Crippen MR) is 87.8 cm³/mol. The van der Waals surface area contributed by atoms with Crippen LogP contribution in [-0.2, 0) is 6.42 Å². The first kappa shape index (κ1) is 14.8. The van der Waals surface area contributed by atoms with Crippen molar-refractivity contribution in [2.75, 3.05) is 6.54 Å². The van der Waals surface area contributed by atoms with Crippen LogP contribution < -0.4 is 5.32 Å². The Hall–Kier alpha value is -0.640. The highest BCUT2D eigenvalue weighted by Crippen LogP contribution is 2.26. The Bertz CT molecular complexity index is 481. The molecular weight excluding hydrogens is 318 g/mol. The average Bonchev–Trinajstić information content (AvgIpc) is 2.86. The molecule has 1 nitrogen and oxygen atoms in total. The van der Waals surface area contributed by atoms with Crippen molar-refractivity contribution in [3.63, 3.8) is 0 Å². The summed E-state index contributed by atoms with van der Waals surface area (Å²) in [5.41, 5.74) is 1.39. The molecule has 19 heavy (non-hydrogen) atoms. The summed E-state index contributed by atoms with van der Waals surface area (Å²) in [6.45, 7) is 3.29. The highest BCUT2D eigenvalue weighted by Gasteiger charge is 2.10. The van der Waals surface area contributed by atoms with E-state index in [0.29, 0.717) is 6.04 Å². The topological polar surface area (TPSA) is 12.0 Å². The van der Waals surface area contributed by atoms with Gasteiger partial charge in [0.25, 0.3) is 0 Å². The maximum absolute atomic E-state index is 3.66. The predicted octanol–water partition coefficient (Wildman–Crippen LogP) is 5.18. The van der Waals surface area contributed by atoms with Crippen molar-refractivity contribution in [1.29, 1.82) is 0 Å². The van der Waals surface area contributed by atoms with Gasteiger partial charge in [0.15, 0.2) is 0 Å². The van der Waals surface area contributed by atoms with Gasteiger partial charge in [-0.25, -0.2) is 0 Å². The molecule has 1 unspecified atom stereocenters. The number of benzene rings is 1. The highest BCUT2D eigenvalue weighted by molar-refractivity contribution is 9.11. The van der Waals surface area contributed by atoms with Gasteiger partial charge in [0.2, 0.25) is 0 Å². The van der Waals surface area contributed by atoms with Gasteiger partial charge in [0.1, 0.15) is 0 Å². The van der Waals surface area contributed by atoms with Crippen LogP contribution in [0.3, 0.4) is 0 Å². The number of hydrogen-bond donors (Lipinski definition) is 1. The van der Waals surface area contributed by atoms with E-state index >= 15 is 0 Å². The van der Waals surface area contributed by atoms with E-state index < -0.39 is 0 Å². The molecule has 1 aromatic carbocycles. The average molecular weight is 338 g/mol. The zero-order chi connectivity index (χ0) is 13.5. The number of rotatable bonds is 7. The van der Waals surface area contributed by atoms with Gasteiger partial charge < -0.3 is 5.32 Å². The van der Waals surface area contributed by atoms with E-state index in [1.807, 2.05) is 11.3 Å². The second-order valence-corrected chi connectivity index (χ2v) is 7.21. The number of aryl methyl sites for hydroxylation is 1. The van der Waals surface area contributed by atoms with Crippen molar-refractivity contribution in [3.05, 3.63) is 56.7 Å².